The van der Waals surface area contributed by atoms with Gasteiger partial charge in [0.05, 0.1) is 12.3 Å². The number of nitrogens with one attached hydrogen (secondary N) is 2. The van der Waals surface area contributed by atoms with E-state index >= 15 is 0 Å². The Morgan fingerprint density at radius 2 is 1.87 bits per heavy atom. The van der Waals surface area contributed by atoms with Crippen LogP contribution in [0.1, 0.15) is 45.0 Å². The first-order chi connectivity index (χ1) is 18.5. The second-order valence-electron chi connectivity index (χ2n) is 9.18. The molecule has 1 aromatic heterocycles. The predicted octanol–water partition coefficient (Wildman–Crippen LogP) is 5.48. The van der Waals surface area contributed by atoms with Crippen LogP contribution in [-0.2, 0) is 15.2 Å². The van der Waals surface area contributed by atoms with Crippen molar-refractivity contribution in [2.75, 3.05) is 11.9 Å². The van der Waals surface area contributed by atoms with Gasteiger partial charge in [0.15, 0.2) is 5.76 Å². The van der Waals surface area contributed by atoms with Crippen LogP contribution in [0.5, 0.6) is 0 Å². The van der Waals surface area contributed by atoms with Gasteiger partial charge < -0.3 is 14.8 Å². The molecule has 0 aliphatic carbocycles. The zero-order valence-electron chi connectivity index (χ0n) is 22.0. The fourth-order valence-corrected chi connectivity index (χ4v) is 4.97. The number of anilines is 1. The lowest BCUT2D eigenvalue weighted by Crippen LogP contribution is -2.44. The molecule has 2 atom stereocenters. The summed E-state index contributed by atoms with van der Waals surface area (Å²) >= 11 is 1.81. The first kappa shape index (κ1) is 25.9. The van der Waals surface area contributed by atoms with E-state index in [0.29, 0.717) is 24.0 Å². The van der Waals surface area contributed by atoms with Crippen molar-refractivity contribution in [3.05, 3.63) is 83.9 Å². The summed E-state index contributed by atoms with van der Waals surface area (Å²) in [6.45, 7) is 8.53. The van der Waals surface area contributed by atoms with E-state index in [4.69, 9.17) is 14.5 Å². The number of hydrogen-bond donors (Lipinski definition) is 2. The molecular formula is C28H33N7O2S. The first-order valence-corrected chi connectivity index (χ1v) is 13.8. The largest absolute Gasteiger partial charge is 0.489 e. The van der Waals surface area contributed by atoms with Gasteiger partial charge in [-0.15, -0.1) is 11.8 Å². The average molecular weight is 532 g/mol. The van der Waals surface area contributed by atoms with Gasteiger partial charge in [0, 0.05) is 34.7 Å². The van der Waals surface area contributed by atoms with Crippen LogP contribution in [0.4, 0.5) is 5.69 Å². The van der Waals surface area contributed by atoms with Gasteiger partial charge in [0.2, 0.25) is 12.1 Å². The highest BCUT2D eigenvalue weighted by atomic mass is 32.2. The molecule has 38 heavy (non-hydrogen) atoms. The second-order valence-corrected chi connectivity index (χ2v) is 10.2. The summed E-state index contributed by atoms with van der Waals surface area (Å²) in [5.41, 5.74) is 7.09. The molecule has 0 saturated carbocycles. The topological polar surface area (TPSA) is 88.3 Å². The zero-order valence-corrected chi connectivity index (χ0v) is 22.9. The Bertz CT molecular complexity index is 1320. The summed E-state index contributed by atoms with van der Waals surface area (Å²) in [4.78, 5) is 10.8. The summed E-state index contributed by atoms with van der Waals surface area (Å²) in [7, 11) is 0. The molecule has 10 heteroatoms. The minimum atomic E-state index is -0.388. The van der Waals surface area contributed by atoms with E-state index in [0.717, 1.165) is 17.0 Å². The fourth-order valence-electron chi connectivity index (χ4n) is 4.12. The molecule has 3 aromatic rings. The Morgan fingerprint density at radius 3 is 2.61 bits per heavy atom. The molecule has 198 valence electrons. The van der Waals surface area contributed by atoms with Crippen LogP contribution in [0, 0.1) is 0 Å². The minimum Gasteiger partial charge on any atom is -0.489 e. The number of thioether (sulfide) groups is 1. The Balaban J connectivity index is 1.30. The summed E-state index contributed by atoms with van der Waals surface area (Å²) in [6, 6.07) is 18.8. The number of benzene rings is 2. The highest BCUT2D eigenvalue weighted by molar-refractivity contribution is 7.98. The van der Waals surface area contributed by atoms with Gasteiger partial charge in [0.1, 0.15) is 18.3 Å². The third kappa shape index (κ3) is 6.03. The number of ether oxygens (including phenoxy) is 2. The van der Waals surface area contributed by atoms with E-state index in [1.165, 1.54) is 10.5 Å². The first-order valence-electron chi connectivity index (χ1n) is 12.8. The number of hydrazine groups is 1. The normalized spacial score (nSPS) is 17.3. The quantitative estimate of drug-likeness (QED) is 0.335. The minimum absolute atomic E-state index is 0.0410. The maximum Gasteiger partial charge on any atom is 0.217 e. The Hall–Kier alpha value is -3.76. The van der Waals surface area contributed by atoms with E-state index in [1.807, 2.05) is 56.7 Å². The summed E-state index contributed by atoms with van der Waals surface area (Å²) < 4.78 is 13.7. The third-order valence-electron chi connectivity index (χ3n) is 5.91. The Kier molecular flexibility index (Phi) is 8.00. The number of rotatable bonds is 10. The third-order valence-corrected chi connectivity index (χ3v) is 7.00. The zero-order chi connectivity index (χ0) is 26.5. The van der Waals surface area contributed by atoms with Crippen LogP contribution in [0.3, 0.4) is 0 Å². The van der Waals surface area contributed by atoms with Crippen LogP contribution in [0.2, 0.25) is 0 Å². The van der Waals surface area contributed by atoms with E-state index in [1.54, 1.807) is 17.2 Å². The molecule has 0 saturated heterocycles. The number of aromatic nitrogens is 2. The van der Waals surface area contributed by atoms with E-state index in [2.05, 4.69) is 69.4 Å². The standard InChI is InChI=1S/C28H33N7O2S/c1-5-36-20(4)34-16-22(15-30-34)25-26(37-19(2)3)27-32-28(33-35(27)18-29-25)31-23-11-13-24(14-12-23)38-17-21-9-7-6-8-10-21/h6-16,18-20,27H,5,17H2,1-4H3,(H2,31,32,33). The van der Waals surface area contributed by atoms with Gasteiger partial charge in [-0.2, -0.15) is 5.10 Å². The van der Waals surface area contributed by atoms with Crippen molar-refractivity contribution in [2.45, 2.75) is 56.8 Å². The second kappa shape index (κ2) is 11.7. The molecule has 0 spiro atoms. The molecule has 2 aliphatic rings. The number of hydrogen-bond acceptors (Lipinski definition) is 9. The lowest BCUT2D eigenvalue weighted by molar-refractivity contribution is 0.0159. The lowest BCUT2D eigenvalue weighted by Gasteiger charge is -2.28. The molecule has 2 N–H and O–H groups in total. The summed E-state index contributed by atoms with van der Waals surface area (Å²) in [5, 5.41) is 9.68. The number of guanidine groups is 1. The van der Waals surface area contributed by atoms with Crippen molar-refractivity contribution >= 4 is 35.4 Å². The molecule has 5 rings (SSSR count). The Labute approximate surface area is 227 Å². The van der Waals surface area contributed by atoms with E-state index in [9.17, 15) is 0 Å². The van der Waals surface area contributed by atoms with Crippen molar-refractivity contribution in [2.24, 2.45) is 9.98 Å². The van der Waals surface area contributed by atoms with Gasteiger partial charge in [0.25, 0.3) is 0 Å². The number of nitrogens with zero attached hydrogens (tertiary/aromatic N) is 5. The lowest BCUT2D eigenvalue weighted by atomic mass is 10.2. The molecular weight excluding hydrogens is 498 g/mol. The molecule has 3 heterocycles. The van der Waals surface area contributed by atoms with Gasteiger partial charge in [-0.1, -0.05) is 30.3 Å². The predicted molar refractivity (Wildman–Crippen MR) is 152 cm³/mol. The maximum absolute atomic E-state index is 6.25. The molecule has 0 bridgehead atoms. The number of aliphatic imine (C=N–C) groups is 2. The maximum atomic E-state index is 6.25. The molecule has 0 amide bonds. The summed E-state index contributed by atoms with van der Waals surface area (Å²) in [6.07, 6.45) is 4.84. The highest BCUT2D eigenvalue weighted by Gasteiger charge is 2.35. The van der Waals surface area contributed by atoms with Gasteiger partial charge in [-0.05, 0) is 57.5 Å². The van der Waals surface area contributed by atoms with Crippen LogP contribution in [0.15, 0.2) is 87.6 Å². The monoisotopic (exact) mass is 531 g/mol. The fraction of sp³-hybridized carbons (Fsp3) is 0.321. The molecule has 0 radical (unpaired) electrons. The van der Waals surface area contributed by atoms with Crippen LogP contribution in [-0.4, -0.2) is 46.0 Å². The van der Waals surface area contributed by atoms with E-state index in [-0.39, 0.29) is 18.5 Å². The Morgan fingerprint density at radius 1 is 1.08 bits per heavy atom. The average Bonchev–Trinajstić information content (AvgIpc) is 3.57. The highest BCUT2D eigenvalue weighted by Crippen LogP contribution is 2.32. The van der Waals surface area contributed by atoms with Crippen molar-refractivity contribution < 1.29 is 9.47 Å². The van der Waals surface area contributed by atoms with Gasteiger partial charge >= 0.3 is 0 Å². The molecule has 0 fully saturated rings. The molecule has 9 nitrogen and oxygen atoms in total. The van der Waals surface area contributed by atoms with Crippen molar-refractivity contribution in [3.63, 3.8) is 0 Å². The van der Waals surface area contributed by atoms with Crippen molar-refractivity contribution in [1.29, 1.82) is 0 Å². The SMILES string of the molecule is CCOC(C)n1cc(C2=C(OC(C)C)C3N=C(Nc4ccc(SCc5ccccc5)cc4)NN3C=N2)cn1. The molecule has 2 aromatic carbocycles. The smallest absolute Gasteiger partial charge is 0.217 e. The molecule has 2 aliphatic heterocycles. The number of fused-ring (bicyclic) bond motifs is 1. The van der Waals surface area contributed by atoms with Crippen LogP contribution >= 0.6 is 11.8 Å². The van der Waals surface area contributed by atoms with Gasteiger partial charge in [-0.3, -0.25) is 5.43 Å². The van der Waals surface area contributed by atoms with Crippen molar-refractivity contribution in [3.8, 4) is 0 Å². The van der Waals surface area contributed by atoms with Crippen LogP contribution < -0.4 is 10.7 Å². The molecule has 2 unspecified atom stereocenters. The van der Waals surface area contributed by atoms with E-state index < -0.39 is 0 Å². The summed E-state index contributed by atoms with van der Waals surface area (Å²) in [5.74, 6) is 2.23. The van der Waals surface area contributed by atoms with Crippen molar-refractivity contribution in [1.82, 2.24) is 20.2 Å². The van der Waals surface area contributed by atoms with Gasteiger partial charge in [-0.25, -0.2) is 19.7 Å². The van der Waals surface area contributed by atoms with Crippen LogP contribution in [0.25, 0.3) is 5.70 Å².